The molecule has 0 aliphatic heterocycles. The zero-order valence-corrected chi connectivity index (χ0v) is 7.63. The Kier molecular flexibility index (Phi) is 2.40. The summed E-state index contributed by atoms with van der Waals surface area (Å²) in [5, 5.41) is 9.05. The molecule has 0 unspecified atom stereocenters. The van der Waals surface area contributed by atoms with E-state index in [1.54, 1.807) is 12.3 Å². The van der Waals surface area contributed by atoms with Crippen LogP contribution in [0, 0.1) is 0 Å². The SMILES string of the molecule is Oc1ccn(OCc2ccccc2)c1. The summed E-state index contributed by atoms with van der Waals surface area (Å²) < 4.78 is 1.49. The van der Waals surface area contributed by atoms with Gasteiger partial charge in [-0.1, -0.05) is 30.3 Å². The maximum absolute atomic E-state index is 9.05. The lowest BCUT2D eigenvalue weighted by molar-refractivity contribution is 0.0973. The average Bonchev–Trinajstić information content (AvgIpc) is 2.63. The Hall–Kier alpha value is -1.90. The lowest BCUT2D eigenvalue weighted by Crippen LogP contribution is -2.08. The highest BCUT2D eigenvalue weighted by Crippen LogP contribution is 2.07. The van der Waals surface area contributed by atoms with Gasteiger partial charge >= 0.3 is 0 Å². The Morgan fingerprint density at radius 1 is 1.14 bits per heavy atom. The minimum absolute atomic E-state index is 0.207. The van der Waals surface area contributed by atoms with Crippen LogP contribution in [0.1, 0.15) is 5.56 Å². The molecule has 72 valence electrons. The van der Waals surface area contributed by atoms with E-state index in [9.17, 15) is 0 Å². The molecule has 3 nitrogen and oxygen atoms in total. The van der Waals surface area contributed by atoms with E-state index < -0.39 is 0 Å². The fourth-order valence-electron chi connectivity index (χ4n) is 1.17. The summed E-state index contributed by atoms with van der Waals surface area (Å²) in [6.45, 7) is 0.495. The molecule has 1 N–H and O–H groups in total. The minimum atomic E-state index is 0.207. The summed E-state index contributed by atoms with van der Waals surface area (Å²) in [6.07, 6.45) is 3.18. The van der Waals surface area contributed by atoms with Crippen LogP contribution < -0.4 is 4.84 Å². The largest absolute Gasteiger partial charge is 0.506 e. The third-order valence-electron chi connectivity index (χ3n) is 1.87. The van der Waals surface area contributed by atoms with Crippen LogP contribution in [0.2, 0.25) is 0 Å². The molecule has 0 fully saturated rings. The van der Waals surface area contributed by atoms with E-state index in [0.29, 0.717) is 6.61 Å². The molecule has 14 heavy (non-hydrogen) atoms. The van der Waals surface area contributed by atoms with Crippen LogP contribution in [0.4, 0.5) is 0 Å². The zero-order chi connectivity index (χ0) is 9.80. The standard InChI is InChI=1S/C11H11NO2/c13-11-6-7-12(8-11)14-9-10-4-2-1-3-5-10/h1-8,13H,9H2. The summed E-state index contributed by atoms with van der Waals surface area (Å²) in [7, 11) is 0. The molecule has 0 saturated carbocycles. The van der Waals surface area contributed by atoms with Gasteiger partial charge in [-0.25, -0.2) is 0 Å². The second-order valence-corrected chi connectivity index (χ2v) is 2.99. The number of rotatable bonds is 3. The first-order valence-electron chi connectivity index (χ1n) is 4.39. The van der Waals surface area contributed by atoms with Crippen molar-refractivity contribution in [1.82, 2.24) is 4.73 Å². The number of nitrogens with zero attached hydrogens (tertiary/aromatic N) is 1. The summed E-state index contributed by atoms with van der Waals surface area (Å²) in [5.41, 5.74) is 1.10. The smallest absolute Gasteiger partial charge is 0.140 e. The quantitative estimate of drug-likeness (QED) is 0.799. The highest BCUT2D eigenvalue weighted by atomic mass is 16.7. The van der Waals surface area contributed by atoms with Gasteiger partial charge in [-0.3, -0.25) is 0 Å². The molecular formula is C11H11NO2. The van der Waals surface area contributed by atoms with Gasteiger partial charge in [0.1, 0.15) is 12.4 Å². The monoisotopic (exact) mass is 189 g/mol. The van der Waals surface area contributed by atoms with Gasteiger partial charge in [0.15, 0.2) is 0 Å². The van der Waals surface area contributed by atoms with E-state index in [1.165, 1.54) is 10.9 Å². The Morgan fingerprint density at radius 2 is 1.93 bits per heavy atom. The minimum Gasteiger partial charge on any atom is -0.506 e. The molecule has 0 amide bonds. The van der Waals surface area contributed by atoms with Gasteiger partial charge in [-0.2, -0.15) is 4.73 Å². The van der Waals surface area contributed by atoms with Crippen LogP contribution in [0.25, 0.3) is 0 Å². The fourth-order valence-corrected chi connectivity index (χ4v) is 1.17. The molecule has 0 bridgehead atoms. The predicted octanol–water partition coefficient (Wildman–Crippen LogP) is 1.82. The molecule has 0 aliphatic rings. The van der Waals surface area contributed by atoms with Crippen LogP contribution >= 0.6 is 0 Å². The molecule has 1 aromatic carbocycles. The van der Waals surface area contributed by atoms with Crippen LogP contribution in [0.5, 0.6) is 5.75 Å². The second-order valence-electron chi connectivity index (χ2n) is 2.99. The van der Waals surface area contributed by atoms with Crippen LogP contribution in [0.3, 0.4) is 0 Å². The third-order valence-corrected chi connectivity index (χ3v) is 1.87. The van der Waals surface area contributed by atoms with Crippen molar-refractivity contribution in [3.63, 3.8) is 0 Å². The molecule has 0 spiro atoms. The molecule has 3 heteroatoms. The van der Waals surface area contributed by atoms with Gasteiger partial charge in [-0.15, -0.1) is 0 Å². The highest BCUT2D eigenvalue weighted by Gasteiger charge is 1.95. The van der Waals surface area contributed by atoms with Crippen molar-refractivity contribution in [3.05, 3.63) is 54.4 Å². The molecule has 1 aromatic heterocycles. The number of hydrogen-bond donors (Lipinski definition) is 1. The summed E-state index contributed by atoms with van der Waals surface area (Å²) in [4.78, 5) is 5.37. The van der Waals surface area contributed by atoms with E-state index in [0.717, 1.165) is 5.56 Å². The highest BCUT2D eigenvalue weighted by molar-refractivity contribution is 5.15. The maximum atomic E-state index is 9.05. The van der Waals surface area contributed by atoms with Gasteiger partial charge in [0.05, 0.1) is 6.20 Å². The normalized spacial score (nSPS) is 10.0. The van der Waals surface area contributed by atoms with E-state index >= 15 is 0 Å². The van der Waals surface area contributed by atoms with Crippen molar-refractivity contribution < 1.29 is 9.94 Å². The van der Waals surface area contributed by atoms with E-state index in [2.05, 4.69) is 0 Å². The van der Waals surface area contributed by atoms with Gasteiger partial charge in [0.2, 0.25) is 0 Å². The fraction of sp³-hybridized carbons (Fsp3) is 0.0909. The Balaban J connectivity index is 1.95. The molecular weight excluding hydrogens is 178 g/mol. The first kappa shape index (κ1) is 8.69. The molecule has 0 radical (unpaired) electrons. The first-order chi connectivity index (χ1) is 6.84. The maximum Gasteiger partial charge on any atom is 0.140 e. The molecule has 0 atom stereocenters. The summed E-state index contributed by atoms with van der Waals surface area (Å²) in [6, 6.07) is 11.4. The van der Waals surface area contributed by atoms with E-state index in [1.807, 2.05) is 30.3 Å². The molecule has 2 rings (SSSR count). The average molecular weight is 189 g/mol. The number of aromatic hydroxyl groups is 1. The Morgan fingerprint density at radius 3 is 2.57 bits per heavy atom. The summed E-state index contributed by atoms with van der Waals surface area (Å²) >= 11 is 0. The molecule has 0 saturated heterocycles. The van der Waals surface area contributed by atoms with Crippen molar-refractivity contribution in [2.45, 2.75) is 6.61 Å². The Bertz CT molecular complexity index is 395. The first-order valence-corrected chi connectivity index (χ1v) is 4.39. The Labute approximate surface area is 82.1 Å². The van der Waals surface area contributed by atoms with Crippen molar-refractivity contribution in [2.75, 3.05) is 0 Å². The number of hydrogen-bond acceptors (Lipinski definition) is 2. The van der Waals surface area contributed by atoms with Gasteiger partial charge in [-0.05, 0) is 5.56 Å². The molecule has 1 heterocycles. The van der Waals surface area contributed by atoms with Crippen molar-refractivity contribution in [1.29, 1.82) is 0 Å². The molecule has 2 aromatic rings. The van der Waals surface area contributed by atoms with Gasteiger partial charge < -0.3 is 9.94 Å². The lowest BCUT2D eigenvalue weighted by Gasteiger charge is -2.05. The van der Waals surface area contributed by atoms with Gasteiger partial charge in [0, 0.05) is 12.3 Å². The van der Waals surface area contributed by atoms with E-state index in [-0.39, 0.29) is 5.75 Å². The van der Waals surface area contributed by atoms with E-state index in [4.69, 9.17) is 9.94 Å². The lowest BCUT2D eigenvalue weighted by atomic mass is 10.2. The third kappa shape index (κ3) is 2.07. The summed E-state index contributed by atoms with van der Waals surface area (Å²) in [5.74, 6) is 0.207. The number of benzene rings is 1. The zero-order valence-electron chi connectivity index (χ0n) is 7.63. The van der Waals surface area contributed by atoms with Gasteiger partial charge in [0.25, 0.3) is 0 Å². The van der Waals surface area contributed by atoms with Crippen LogP contribution in [-0.2, 0) is 6.61 Å². The number of aromatic nitrogens is 1. The van der Waals surface area contributed by atoms with Crippen LogP contribution in [0.15, 0.2) is 48.8 Å². The second kappa shape index (κ2) is 3.87. The van der Waals surface area contributed by atoms with Crippen molar-refractivity contribution in [3.8, 4) is 5.75 Å². The van der Waals surface area contributed by atoms with Crippen LogP contribution in [-0.4, -0.2) is 9.84 Å². The van der Waals surface area contributed by atoms with Crippen molar-refractivity contribution >= 4 is 0 Å². The molecule has 0 aliphatic carbocycles. The predicted molar refractivity (Wildman–Crippen MR) is 52.8 cm³/mol. The van der Waals surface area contributed by atoms with Crippen molar-refractivity contribution in [2.24, 2.45) is 0 Å². The topological polar surface area (TPSA) is 34.4 Å².